The molecule has 0 aliphatic carbocycles. The van der Waals surface area contributed by atoms with E-state index in [4.69, 9.17) is 0 Å². The number of carbonyl (C=O) groups is 1. The molecule has 2 fully saturated rings. The minimum atomic E-state index is -0.347. The van der Waals surface area contributed by atoms with E-state index in [1.807, 2.05) is 11.0 Å². The van der Waals surface area contributed by atoms with E-state index in [2.05, 4.69) is 18.7 Å². The third-order valence-electron chi connectivity index (χ3n) is 6.23. The fourth-order valence-corrected chi connectivity index (χ4v) is 5.01. The average molecular weight is 384 g/mol. The molecule has 2 saturated heterocycles. The third kappa shape index (κ3) is 3.27. The van der Waals surface area contributed by atoms with Crippen LogP contribution in [0.15, 0.2) is 42.5 Å². The van der Waals surface area contributed by atoms with E-state index >= 15 is 0 Å². The lowest BCUT2D eigenvalue weighted by atomic mass is 9.89. The maximum Gasteiger partial charge on any atom is 0.253 e. The molecule has 2 heterocycles. The Morgan fingerprint density at radius 2 is 1.93 bits per heavy atom. The first-order valence-corrected chi connectivity index (χ1v) is 9.86. The van der Waals surface area contributed by atoms with Crippen LogP contribution in [0.4, 0.5) is 14.5 Å². The summed E-state index contributed by atoms with van der Waals surface area (Å²) in [5.41, 5.74) is 1.73. The molecule has 2 atom stereocenters. The predicted octanol–water partition coefficient (Wildman–Crippen LogP) is 4.79. The number of piperidine rings is 1. The number of amides is 1. The van der Waals surface area contributed by atoms with Gasteiger partial charge >= 0.3 is 0 Å². The number of rotatable bonds is 2. The lowest BCUT2D eigenvalue weighted by molar-refractivity contribution is 0.0667. The highest BCUT2D eigenvalue weighted by Gasteiger charge is 2.48. The molecule has 0 aromatic heterocycles. The molecule has 3 nitrogen and oxygen atoms in total. The molecule has 0 N–H and O–H groups in total. The van der Waals surface area contributed by atoms with E-state index in [0.29, 0.717) is 30.1 Å². The van der Waals surface area contributed by atoms with Gasteiger partial charge in [0, 0.05) is 35.9 Å². The summed E-state index contributed by atoms with van der Waals surface area (Å²) in [6.45, 7) is 7.32. The molecule has 0 radical (unpaired) electrons. The highest BCUT2D eigenvalue weighted by molar-refractivity contribution is 5.94. The summed E-state index contributed by atoms with van der Waals surface area (Å²) in [5.74, 6) is -0.378. The van der Waals surface area contributed by atoms with Crippen LogP contribution >= 0.6 is 0 Å². The molecular weight excluding hydrogens is 358 g/mol. The lowest BCUT2D eigenvalue weighted by Crippen LogP contribution is -2.50. The maximum atomic E-state index is 13.9. The van der Waals surface area contributed by atoms with Crippen LogP contribution in [0.5, 0.6) is 0 Å². The van der Waals surface area contributed by atoms with Crippen LogP contribution in [0.1, 0.15) is 42.6 Å². The molecule has 1 amide bonds. The van der Waals surface area contributed by atoms with Crippen molar-refractivity contribution in [2.24, 2.45) is 5.92 Å². The van der Waals surface area contributed by atoms with E-state index in [-0.39, 0.29) is 29.1 Å². The van der Waals surface area contributed by atoms with Crippen molar-refractivity contribution < 1.29 is 13.6 Å². The van der Waals surface area contributed by atoms with Crippen LogP contribution < -0.4 is 4.90 Å². The molecule has 2 aliphatic rings. The van der Waals surface area contributed by atoms with Crippen molar-refractivity contribution in [1.82, 2.24) is 4.90 Å². The van der Waals surface area contributed by atoms with Gasteiger partial charge in [-0.05, 0) is 75.4 Å². The smallest absolute Gasteiger partial charge is 0.253 e. The van der Waals surface area contributed by atoms with Crippen molar-refractivity contribution in [3.63, 3.8) is 0 Å². The zero-order valence-electron chi connectivity index (χ0n) is 16.6. The number of aryl methyl sites for hydroxylation is 1. The molecular formula is C23H26F2N2O. The van der Waals surface area contributed by atoms with Crippen LogP contribution in [-0.4, -0.2) is 35.5 Å². The summed E-state index contributed by atoms with van der Waals surface area (Å²) in [5, 5.41) is 0. The van der Waals surface area contributed by atoms with E-state index in [9.17, 15) is 13.6 Å². The molecule has 0 spiro atoms. The lowest BCUT2D eigenvalue weighted by Gasteiger charge is -2.42. The first kappa shape index (κ1) is 18.9. The number of benzene rings is 2. The number of halogens is 2. The molecule has 0 bridgehead atoms. The Balaban J connectivity index is 1.55. The second kappa shape index (κ2) is 6.87. The Bertz CT molecular complexity index is 911. The van der Waals surface area contributed by atoms with Gasteiger partial charge in [-0.15, -0.1) is 0 Å². The standard InChI is InChI=1S/C23H26F2N2O/c1-15-7-8-16(11-20(15)25)22(28)26-10-9-21-17(14-26)13-23(2,3)27(21)19-6-4-5-18(24)12-19/h4-8,11-12,17,21H,9-10,13-14H2,1-3H3/t17-,21+/m1/s1. The number of hydrogen-bond donors (Lipinski definition) is 0. The zero-order chi connectivity index (χ0) is 20.1. The van der Waals surface area contributed by atoms with Crippen LogP contribution in [0, 0.1) is 24.5 Å². The minimum Gasteiger partial charge on any atom is -0.363 e. The SMILES string of the molecule is Cc1ccc(C(=O)N2CC[C@H]3[C@@H](C2)CC(C)(C)N3c2cccc(F)c2)cc1F. The predicted molar refractivity (Wildman–Crippen MR) is 107 cm³/mol. The Morgan fingerprint density at radius 1 is 1.14 bits per heavy atom. The number of hydrogen-bond acceptors (Lipinski definition) is 2. The van der Waals surface area contributed by atoms with Crippen molar-refractivity contribution in [3.05, 3.63) is 65.2 Å². The topological polar surface area (TPSA) is 23.6 Å². The fourth-order valence-electron chi connectivity index (χ4n) is 5.01. The third-order valence-corrected chi connectivity index (χ3v) is 6.23. The summed E-state index contributed by atoms with van der Waals surface area (Å²) < 4.78 is 27.7. The number of likely N-dealkylation sites (tertiary alicyclic amines) is 1. The molecule has 2 aromatic carbocycles. The molecule has 0 saturated carbocycles. The second-order valence-electron chi connectivity index (χ2n) is 8.70. The molecule has 148 valence electrons. The van der Waals surface area contributed by atoms with Gasteiger partial charge in [0.1, 0.15) is 11.6 Å². The van der Waals surface area contributed by atoms with Gasteiger partial charge in [0.15, 0.2) is 0 Å². The van der Waals surface area contributed by atoms with Gasteiger partial charge < -0.3 is 9.80 Å². The Labute approximate surface area is 165 Å². The number of fused-ring (bicyclic) bond motifs is 1. The number of carbonyl (C=O) groups excluding carboxylic acids is 1. The molecule has 0 unspecified atom stereocenters. The highest BCUT2D eigenvalue weighted by atomic mass is 19.1. The Hall–Kier alpha value is -2.43. The molecule has 4 rings (SSSR count). The van der Waals surface area contributed by atoms with Crippen molar-refractivity contribution in [2.75, 3.05) is 18.0 Å². The van der Waals surface area contributed by atoms with Crippen molar-refractivity contribution in [1.29, 1.82) is 0 Å². The van der Waals surface area contributed by atoms with E-state index in [1.54, 1.807) is 31.2 Å². The van der Waals surface area contributed by atoms with Crippen LogP contribution in [0.25, 0.3) is 0 Å². The largest absolute Gasteiger partial charge is 0.363 e. The second-order valence-corrected chi connectivity index (χ2v) is 8.70. The molecule has 2 aromatic rings. The maximum absolute atomic E-state index is 13.9. The van der Waals surface area contributed by atoms with Gasteiger partial charge in [-0.3, -0.25) is 4.79 Å². The Morgan fingerprint density at radius 3 is 2.64 bits per heavy atom. The fraction of sp³-hybridized carbons (Fsp3) is 0.435. The van der Waals surface area contributed by atoms with Crippen molar-refractivity contribution >= 4 is 11.6 Å². The number of nitrogens with zero attached hydrogens (tertiary/aromatic N) is 2. The summed E-state index contributed by atoms with van der Waals surface area (Å²) >= 11 is 0. The monoisotopic (exact) mass is 384 g/mol. The van der Waals surface area contributed by atoms with Crippen LogP contribution in [0.2, 0.25) is 0 Å². The summed E-state index contributed by atoms with van der Waals surface area (Å²) in [7, 11) is 0. The summed E-state index contributed by atoms with van der Waals surface area (Å²) in [6, 6.07) is 11.7. The van der Waals surface area contributed by atoms with Gasteiger partial charge in [0.2, 0.25) is 0 Å². The van der Waals surface area contributed by atoms with E-state index in [1.165, 1.54) is 12.1 Å². The zero-order valence-corrected chi connectivity index (χ0v) is 16.6. The minimum absolute atomic E-state index is 0.112. The van der Waals surface area contributed by atoms with Gasteiger partial charge in [-0.1, -0.05) is 12.1 Å². The summed E-state index contributed by atoms with van der Waals surface area (Å²) in [4.78, 5) is 17.1. The normalized spacial score (nSPS) is 23.6. The van der Waals surface area contributed by atoms with Gasteiger partial charge in [-0.2, -0.15) is 0 Å². The quantitative estimate of drug-likeness (QED) is 0.743. The molecule has 2 aliphatic heterocycles. The highest BCUT2D eigenvalue weighted by Crippen LogP contribution is 2.44. The first-order valence-electron chi connectivity index (χ1n) is 9.86. The number of anilines is 1. The van der Waals surface area contributed by atoms with Crippen LogP contribution in [-0.2, 0) is 0 Å². The van der Waals surface area contributed by atoms with Crippen molar-refractivity contribution in [2.45, 2.75) is 45.2 Å². The van der Waals surface area contributed by atoms with Gasteiger partial charge in [0.25, 0.3) is 5.91 Å². The van der Waals surface area contributed by atoms with Crippen LogP contribution in [0.3, 0.4) is 0 Å². The van der Waals surface area contributed by atoms with E-state index < -0.39 is 0 Å². The van der Waals surface area contributed by atoms with Gasteiger partial charge in [-0.25, -0.2) is 8.78 Å². The van der Waals surface area contributed by atoms with Crippen molar-refractivity contribution in [3.8, 4) is 0 Å². The average Bonchev–Trinajstić information content (AvgIpc) is 2.92. The first-order chi connectivity index (χ1) is 13.3. The van der Waals surface area contributed by atoms with E-state index in [0.717, 1.165) is 18.5 Å². The molecule has 28 heavy (non-hydrogen) atoms. The van der Waals surface area contributed by atoms with Gasteiger partial charge in [0.05, 0.1) is 0 Å². The summed E-state index contributed by atoms with van der Waals surface area (Å²) in [6.07, 6.45) is 1.75. The molecule has 5 heteroatoms. The Kier molecular flexibility index (Phi) is 4.64.